The van der Waals surface area contributed by atoms with E-state index in [0.29, 0.717) is 12.1 Å². The number of nitrogens with two attached hydrogens (primary N) is 1. The second-order valence-corrected chi connectivity index (χ2v) is 5.50. The molecule has 6 heteroatoms. The lowest BCUT2D eigenvalue weighted by Crippen LogP contribution is -2.45. The molecule has 4 nitrogen and oxygen atoms in total. The van der Waals surface area contributed by atoms with Crippen LogP contribution in [0.2, 0.25) is 0 Å². The Morgan fingerprint density at radius 1 is 1.24 bits per heavy atom. The molecule has 0 fully saturated rings. The van der Waals surface area contributed by atoms with Gasteiger partial charge in [-0.25, -0.2) is 0 Å². The molecule has 0 saturated carbocycles. The summed E-state index contributed by atoms with van der Waals surface area (Å²) in [6, 6.07) is 9.51. The Bertz CT molecular complexity index is 624. The predicted molar refractivity (Wildman–Crippen MR) is 91.6 cm³/mol. The van der Waals surface area contributed by atoms with E-state index in [1.54, 1.807) is 6.07 Å². The van der Waals surface area contributed by atoms with Crippen molar-refractivity contribution >= 4 is 41.6 Å². The maximum Gasteiger partial charge on any atom is 0.253 e. The standard InChI is InChI=1S/C15H19N3O.2ClH/c1-10-7-8-11-5-4-6-12(13(11)18-10)14(19)17-9-15(2,3)16;;/h4-8H,9,16H2,1-3H3,(H,17,19);2*1H. The van der Waals surface area contributed by atoms with Crippen molar-refractivity contribution in [1.82, 2.24) is 10.3 Å². The Morgan fingerprint density at radius 3 is 2.52 bits per heavy atom. The van der Waals surface area contributed by atoms with Crippen LogP contribution in [-0.2, 0) is 0 Å². The van der Waals surface area contributed by atoms with Gasteiger partial charge in [-0.05, 0) is 32.9 Å². The average Bonchev–Trinajstić information content (AvgIpc) is 2.34. The number of hydrogen-bond donors (Lipinski definition) is 2. The number of hydrogen-bond acceptors (Lipinski definition) is 3. The predicted octanol–water partition coefficient (Wildman–Crippen LogP) is 2.85. The van der Waals surface area contributed by atoms with Crippen LogP contribution in [0.4, 0.5) is 0 Å². The summed E-state index contributed by atoms with van der Waals surface area (Å²) in [5.41, 5.74) is 7.66. The van der Waals surface area contributed by atoms with E-state index in [1.807, 2.05) is 45.0 Å². The number of aryl methyl sites for hydroxylation is 1. The highest BCUT2D eigenvalue weighted by Gasteiger charge is 2.15. The number of aromatic nitrogens is 1. The van der Waals surface area contributed by atoms with Gasteiger partial charge in [0.25, 0.3) is 5.91 Å². The van der Waals surface area contributed by atoms with Crippen molar-refractivity contribution in [2.75, 3.05) is 6.54 Å². The fourth-order valence-electron chi connectivity index (χ4n) is 1.83. The Labute approximate surface area is 137 Å². The van der Waals surface area contributed by atoms with E-state index >= 15 is 0 Å². The Morgan fingerprint density at radius 2 is 1.90 bits per heavy atom. The van der Waals surface area contributed by atoms with Gasteiger partial charge < -0.3 is 11.1 Å². The number of carbonyl (C=O) groups excluding carboxylic acids is 1. The fourth-order valence-corrected chi connectivity index (χ4v) is 1.83. The molecule has 0 bridgehead atoms. The van der Waals surface area contributed by atoms with Gasteiger partial charge in [-0.2, -0.15) is 0 Å². The minimum Gasteiger partial charge on any atom is -0.350 e. The molecule has 0 aliphatic heterocycles. The molecule has 21 heavy (non-hydrogen) atoms. The highest BCUT2D eigenvalue weighted by atomic mass is 35.5. The number of amides is 1. The molecule has 0 spiro atoms. The largest absolute Gasteiger partial charge is 0.350 e. The number of para-hydroxylation sites is 1. The molecular weight excluding hydrogens is 309 g/mol. The van der Waals surface area contributed by atoms with Gasteiger partial charge in [0.15, 0.2) is 0 Å². The number of carbonyl (C=O) groups is 1. The maximum absolute atomic E-state index is 12.2. The smallest absolute Gasteiger partial charge is 0.253 e. The average molecular weight is 330 g/mol. The molecule has 1 aromatic heterocycles. The summed E-state index contributed by atoms with van der Waals surface area (Å²) in [4.78, 5) is 16.7. The molecular formula is C15H21Cl2N3O. The second-order valence-electron chi connectivity index (χ2n) is 5.50. The van der Waals surface area contributed by atoms with Crippen molar-refractivity contribution in [3.8, 4) is 0 Å². The van der Waals surface area contributed by atoms with Crippen LogP contribution in [0.1, 0.15) is 29.9 Å². The molecule has 0 radical (unpaired) electrons. The first-order chi connectivity index (χ1) is 8.87. The first-order valence-corrected chi connectivity index (χ1v) is 6.30. The van der Waals surface area contributed by atoms with Gasteiger partial charge in [-0.15, -0.1) is 24.8 Å². The normalized spacial score (nSPS) is 10.5. The number of rotatable bonds is 3. The van der Waals surface area contributed by atoms with Crippen LogP contribution in [0.25, 0.3) is 10.9 Å². The molecule has 0 aliphatic rings. The molecule has 2 rings (SSSR count). The lowest BCUT2D eigenvalue weighted by Gasteiger charge is -2.19. The van der Waals surface area contributed by atoms with Crippen LogP contribution in [0.5, 0.6) is 0 Å². The summed E-state index contributed by atoms with van der Waals surface area (Å²) in [7, 11) is 0. The minimum absolute atomic E-state index is 0. The summed E-state index contributed by atoms with van der Waals surface area (Å²) in [5, 5.41) is 3.81. The van der Waals surface area contributed by atoms with Crippen molar-refractivity contribution in [1.29, 1.82) is 0 Å². The number of fused-ring (bicyclic) bond motifs is 1. The van der Waals surface area contributed by atoms with Gasteiger partial charge >= 0.3 is 0 Å². The van der Waals surface area contributed by atoms with Gasteiger partial charge in [0, 0.05) is 23.2 Å². The highest BCUT2D eigenvalue weighted by Crippen LogP contribution is 2.17. The van der Waals surface area contributed by atoms with E-state index in [4.69, 9.17) is 5.73 Å². The Balaban J connectivity index is 0.00000200. The van der Waals surface area contributed by atoms with E-state index in [2.05, 4.69) is 10.3 Å². The lowest BCUT2D eigenvalue weighted by molar-refractivity contribution is 0.0947. The van der Waals surface area contributed by atoms with Crippen LogP contribution in [-0.4, -0.2) is 23.0 Å². The minimum atomic E-state index is -0.427. The van der Waals surface area contributed by atoms with Crippen LogP contribution >= 0.6 is 24.8 Å². The SMILES string of the molecule is Cc1ccc2cccc(C(=O)NCC(C)(C)N)c2n1.Cl.Cl. The van der Waals surface area contributed by atoms with Crippen LogP contribution in [0.15, 0.2) is 30.3 Å². The maximum atomic E-state index is 12.2. The summed E-state index contributed by atoms with van der Waals surface area (Å²) < 4.78 is 0. The topological polar surface area (TPSA) is 68.0 Å². The number of benzene rings is 1. The van der Waals surface area contributed by atoms with E-state index in [9.17, 15) is 4.79 Å². The molecule has 0 unspecified atom stereocenters. The Kier molecular flexibility index (Phi) is 7.10. The molecule has 1 heterocycles. The molecule has 0 saturated heterocycles. The summed E-state index contributed by atoms with van der Waals surface area (Å²) >= 11 is 0. The van der Waals surface area contributed by atoms with Crippen LogP contribution in [0, 0.1) is 6.92 Å². The molecule has 1 aromatic carbocycles. The van der Waals surface area contributed by atoms with Gasteiger partial charge in [-0.1, -0.05) is 18.2 Å². The Hall–Kier alpha value is -1.36. The molecule has 116 valence electrons. The summed E-state index contributed by atoms with van der Waals surface area (Å²) in [6.07, 6.45) is 0. The molecule has 3 N–H and O–H groups in total. The lowest BCUT2D eigenvalue weighted by atomic mass is 10.1. The van der Waals surface area contributed by atoms with E-state index in [0.717, 1.165) is 16.6 Å². The van der Waals surface area contributed by atoms with E-state index < -0.39 is 5.54 Å². The second kappa shape index (κ2) is 7.59. The zero-order valence-corrected chi connectivity index (χ0v) is 14.0. The zero-order chi connectivity index (χ0) is 14.0. The zero-order valence-electron chi connectivity index (χ0n) is 12.3. The molecule has 2 aromatic rings. The van der Waals surface area contributed by atoms with Crippen LogP contribution in [0.3, 0.4) is 0 Å². The first kappa shape index (κ1) is 19.6. The van der Waals surface area contributed by atoms with Gasteiger partial charge in [0.1, 0.15) is 0 Å². The van der Waals surface area contributed by atoms with Crippen molar-refractivity contribution in [2.45, 2.75) is 26.3 Å². The third kappa shape index (κ3) is 5.16. The highest BCUT2D eigenvalue weighted by molar-refractivity contribution is 6.05. The van der Waals surface area contributed by atoms with Crippen molar-refractivity contribution < 1.29 is 4.79 Å². The van der Waals surface area contributed by atoms with Crippen molar-refractivity contribution in [2.24, 2.45) is 5.73 Å². The molecule has 0 aliphatic carbocycles. The number of pyridine rings is 1. The van der Waals surface area contributed by atoms with Crippen LogP contribution < -0.4 is 11.1 Å². The molecule has 0 atom stereocenters. The third-order valence-corrected chi connectivity index (χ3v) is 2.81. The summed E-state index contributed by atoms with van der Waals surface area (Å²) in [5.74, 6) is -0.137. The van der Waals surface area contributed by atoms with Gasteiger partial charge in [0.05, 0.1) is 11.1 Å². The monoisotopic (exact) mass is 329 g/mol. The van der Waals surface area contributed by atoms with Crippen molar-refractivity contribution in [3.63, 3.8) is 0 Å². The quantitative estimate of drug-likeness (QED) is 0.909. The van der Waals surface area contributed by atoms with Gasteiger partial charge in [0.2, 0.25) is 0 Å². The van der Waals surface area contributed by atoms with E-state index in [-0.39, 0.29) is 30.7 Å². The molecule has 1 amide bonds. The van der Waals surface area contributed by atoms with Crippen molar-refractivity contribution in [3.05, 3.63) is 41.6 Å². The number of halogens is 2. The first-order valence-electron chi connectivity index (χ1n) is 6.30. The summed E-state index contributed by atoms with van der Waals surface area (Å²) in [6.45, 7) is 6.09. The van der Waals surface area contributed by atoms with Gasteiger partial charge in [-0.3, -0.25) is 9.78 Å². The third-order valence-electron chi connectivity index (χ3n) is 2.81. The number of nitrogens with one attached hydrogen (secondary N) is 1. The van der Waals surface area contributed by atoms with E-state index in [1.165, 1.54) is 0 Å². The fraction of sp³-hybridized carbons (Fsp3) is 0.333. The number of nitrogens with zero attached hydrogens (tertiary/aromatic N) is 1.